The van der Waals surface area contributed by atoms with Crippen LogP contribution in [0.4, 0.5) is 0 Å². The monoisotopic (exact) mass is 291 g/mol. The van der Waals surface area contributed by atoms with Crippen LogP contribution in [0.2, 0.25) is 0 Å². The van der Waals surface area contributed by atoms with Crippen LogP contribution in [0, 0.1) is 11.3 Å². The highest BCUT2D eigenvalue weighted by molar-refractivity contribution is 5.13. The van der Waals surface area contributed by atoms with E-state index in [4.69, 9.17) is 0 Å². The van der Waals surface area contributed by atoms with Crippen molar-refractivity contribution in [2.24, 2.45) is 18.4 Å². The molecule has 1 aliphatic carbocycles. The molecule has 0 saturated heterocycles. The van der Waals surface area contributed by atoms with Gasteiger partial charge in [0, 0.05) is 25.2 Å². The SMILES string of the molecule is CCc1cc(CC(NC)C2(CC(C)C)CCCC2)n(C)n1. The summed E-state index contributed by atoms with van der Waals surface area (Å²) in [5, 5.41) is 8.27. The standard InChI is InChI=1S/C18H33N3/c1-6-15-11-16(21(5)20-15)12-17(19-4)18(13-14(2)3)9-7-8-10-18/h11,14,17,19H,6-10,12-13H2,1-5H3. The van der Waals surface area contributed by atoms with Gasteiger partial charge in [0.15, 0.2) is 0 Å². The molecular weight excluding hydrogens is 258 g/mol. The first-order valence-corrected chi connectivity index (χ1v) is 8.70. The summed E-state index contributed by atoms with van der Waals surface area (Å²) in [5.74, 6) is 0.775. The summed E-state index contributed by atoms with van der Waals surface area (Å²) in [6.07, 6.45) is 9.04. The molecule has 0 radical (unpaired) electrons. The minimum absolute atomic E-state index is 0.486. The van der Waals surface area contributed by atoms with Gasteiger partial charge in [0.05, 0.1) is 5.69 Å². The number of rotatable bonds is 7. The Labute approximate surface area is 130 Å². The fraction of sp³-hybridized carbons (Fsp3) is 0.833. The van der Waals surface area contributed by atoms with Crippen LogP contribution in [-0.2, 0) is 19.9 Å². The summed E-state index contributed by atoms with van der Waals surface area (Å²) in [6.45, 7) is 6.91. The van der Waals surface area contributed by atoms with Crippen molar-refractivity contribution in [2.45, 2.75) is 71.8 Å². The zero-order valence-electron chi connectivity index (χ0n) is 14.6. The normalized spacial score (nSPS) is 19.3. The van der Waals surface area contributed by atoms with Crippen molar-refractivity contribution in [3.8, 4) is 0 Å². The van der Waals surface area contributed by atoms with Crippen LogP contribution in [0.3, 0.4) is 0 Å². The molecule has 0 spiro atoms. The molecule has 1 unspecified atom stereocenters. The van der Waals surface area contributed by atoms with Gasteiger partial charge in [-0.3, -0.25) is 4.68 Å². The van der Waals surface area contributed by atoms with E-state index in [0.717, 1.165) is 18.8 Å². The first kappa shape index (κ1) is 16.5. The molecule has 3 nitrogen and oxygen atoms in total. The molecule has 1 N–H and O–H groups in total. The topological polar surface area (TPSA) is 29.9 Å². The highest BCUT2D eigenvalue weighted by Crippen LogP contribution is 2.46. The quantitative estimate of drug-likeness (QED) is 0.830. The number of likely N-dealkylation sites (N-methyl/N-ethyl adjacent to an activating group) is 1. The lowest BCUT2D eigenvalue weighted by Crippen LogP contribution is -2.45. The van der Waals surface area contributed by atoms with Gasteiger partial charge < -0.3 is 5.32 Å². The van der Waals surface area contributed by atoms with Crippen molar-refractivity contribution in [3.05, 3.63) is 17.5 Å². The molecule has 21 heavy (non-hydrogen) atoms. The van der Waals surface area contributed by atoms with Gasteiger partial charge in [-0.05, 0) is 50.1 Å². The van der Waals surface area contributed by atoms with Crippen molar-refractivity contribution in [3.63, 3.8) is 0 Å². The van der Waals surface area contributed by atoms with Crippen LogP contribution >= 0.6 is 0 Å². The maximum absolute atomic E-state index is 4.62. The lowest BCUT2D eigenvalue weighted by molar-refractivity contribution is 0.158. The lowest BCUT2D eigenvalue weighted by Gasteiger charge is -2.39. The largest absolute Gasteiger partial charge is 0.316 e. The van der Waals surface area contributed by atoms with E-state index in [1.807, 2.05) is 0 Å². The van der Waals surface area contributed by atoms with Gasteiger partial charge in [0.2, 0.25) is 0 Å². The Balaban J connectivity index is 2.18. The molecule has 1 heterocycles. The molecule has 1 aromatic heterocycles. The summed E-state index contributed by atoms with van der Waals surface area (Å²) in [6, 6.07) is 2.87. The van der Waals surface area contributed by atoms with Gasteiger partial charge in [-0.25, -0.2) is 0 Å². The number of nitrogens with zero attached hydrogens (tertiary/aromatic N) is 2. The number of aromatic nitrogens is 2. The summed E-state index contributed by atoms with van der Waals surface area (Å²) in [4.78, 5) is 0. The number of hydrogen-bond acceptors (Lipinski definition) is 2. The average Bonchev–Trinajstić information content (AvgIpc) is 3.03. The smallest absolute Gasteiger partial charge is 0.0624 e. The molecule has 2 rings (SSSR count). The van der Waals surface area contributed by atoms with Crippen molar-refractivity contribution >= 4 is 0 Å². The Bertz CT molecular complexity index is 441. The van der Waals surface area contributed by atoms with Gasteiger partial charge in [0.25, 0.3) is 0 Å². The third kappa shape index (κ3) is 3.68. The summed E-state index contributed by atoms with van der Waals surface area (Å²) in [5.41, 5.74) is 3.08. The summed E-state index contributed by atoms with van der Waals surface area (Å²) < 4.78 is 2.08. The van der Waals surface area contributed by atoms with Crippen LogP contribution < -0.4 is 5.32 Å². The Morgan fingerprint density at radius 2 is 2.00 bits per heavy atom. The second-order valence-corrected chi connectivity index (χ2v) is 7.32. The average molecular weight is 291 g/mol. The Morgan fingerprint density at radius 3 is 2.48 bits per heavy atom. The van der Waals surface area contributed by atoms with Gasteiger partial charge in [0.1, 0.15) is 0 Å². The fourth-order valence-corrected chi connectivity index (χ4v) is 4.36. The second-order valence-electron chi connectivity index (χ2n) is 7.32. The first-order chi connectivity index (χ1) is 10.0. The maximum atomic E-state index is 4.62. The summed E-state index contributed by atoms with van der Waals surface area (Å²) in [7, 11) is 4.23. The predicted octanol–water partition coefficient (Wildman–Crippen LogP) is 3.72. The van der Waals surface area contributed by atoms with Crippen molar-refractivity contribution in [1.82, 2.24) is 15.1 Å². The Hall–Kier alpha value is -0.830. The maximum Gasteiger partial charge on any atom is 0.0624 e. The van der Waals surface area contributed by atoms with Crippen LogP contribution in [0.15, 0.2) is 6.07 Å². The van der Waals surface area contributed by atoms with Crippen LogP contribution in [0.25, 0.3) is 0 Å². The van der Waals surface area contributed by atoms with Crippen LogP contribution in [0.5, 0.6) is 0 Å². The molecule has 0 aliphatic heterocycles. The predicted molar refractivity (Wildman–Crippen MR) is 89.5 cm³/mol. The van der Waals surface area contributed by atoms with E-state index in [-0.39, 0.29) is 0 Å². The van der Waals surface area contributed by atoms with Crippen LogP contribution in [-0.4, -0.2) is 22.9 Å². The molecule has 1 aromatic rings. The van der Waals surface area contributed by atoms with Gasteiger partial charge in [-0.1, -0.05) is 33.6 Å². The molecule has 1 saturated carbocycles. The van der Waals surface area contributed by atoms with Crippen molar-refractivity contribution in [2.75, 3.05) is 7.05 Å². The van der Waals surface area contributed by atoms with E-state index >= 15 is 0 Å². The third-order valence-electron chi connectivity index (χ3n) is 5.30. The lowest BCUT2D eigenvalue weighted by atomic mass is 9.71. The highest BCUT2D eigenvalue weighted by Gasteiger charge is 2.41. The van der Waals surface area contributed by atoms with Crippen LogP contribution in [0.1, 0.15) is 64.3 Å². The van der Waals surface area contributed by atoms with E-state index in [9.17, 15) is 0 Å². The minimum atomic E-state index is 0.486. The van der Waals surface area contributed by atoms with E-state index in [2.05, 4.69) is 56.0 Å². The zero-order chi connectivity index (χ0) is 15.5. The molecule has 0 amide bonds. The Morgan fingerprint density at radius 1 is 1.33 bits per heavy atom. The van der Waals surface area contributed by atoms with Gasteiger partial charge in [-0.15, -0.1) is 0 Å². The molecule has 0 aromatic carbocycles. The molecule has 1 atom stereocenters. The summed E-state index contributed by atoms with van der Waals surface area (Å²) >= 11 is 0. The van der Waals surface area contributed by atoms with Crippen molar-refractivity contribution in [1.29, 1.82) is 0 Å². The molecule has 120 valence electrons. The molecule has 1 fully saturated rings. The number of aryl methyl sites for hydroxylation is 2. The van der Waals surface area contributed by atoms with Gasteiger partial charge in [-0.2, -0.15) is 5.10 Å². The number of nitrogens with one attached hydrogen (secondary N) is 1. The number of hydrogen-bond donors (Lipinski definition) is 1. The van der Waals surface area contributed by atoms with Crippen molar-refractivity contribution < 1.29 is 0 Å². The van der Waals surface area contributed by atoms with E-state index < -0.39 is 0 Å². The van der Waals surface area contributed by atoms with E-state index in [1.54, 1.807) is 0 Å². The fourth-order valence-electron chi connectivity index (χ4n) is 4.36. The highest BCUT2D eigenvalue weighted by atomic mass is 15.3. The Kier molecular flexibility index (Phi) is 5.48. The van der Waals surface area contributed by atoms with E-state index in [0.29, 0.717) is 11.5 Å². The minimum Gasteiger partial charge on any atom is -0.316 e. The first-order valence-electron chi connectivity index (χ1n) is 8.70. The van der Waals surface area contributed by atoms with E-state index in [1.165, 1.54) is 43.5 Å². The molecular formula is C18H33N3. The molecule has 1 aliphatic rings. The zero-order valence-corrected chi connectivity index (χ0v) is 14.6. The third-order valence-corrected chi connectivity index (χ3v) is 5.30. The molecule has 0 bridgehead atoms. The molecule has 3 heteroatoms. The van der Waals surface area contributed by atoms with Gasteiger partial charge >= 0.3 is 0 Å². The second kappa shape index (κ2) is 6.95.